The maximum atomic E-state index is 12.7. The van der Waals surface area contributed by atoms with Crippen LogP contribution >= 0.6 is 0 Å². The first-order chi connectivity index (χ1) is 12.6. The van der Waals surface area contributed by atoms with E-state index in [9.17, 15) is 4.79 Å². The quantitative estimate of drug-likeness (QED) is 0.778. The number of amides is 1. The van der Waals surface area contributed by atoms with Gasteiger partial charge in [0.2, 0.25) is 5.91 Å². The Labute approximate surface area is 157 Å². The highest BCUT2D eigenvalue weighted by molar-refractivity contribution is 5.93. The highest BCUT2D eigenvalue weighted by Crippen LogP contribution is 2.31. The van der Waals surface area contributed by atoms with Crippen LogP contribution in [0.4, 0.5) is 5.69 Å². The van der Waals surface area contributed by atoms with Crippen LogP contribution in [0.15, 0.2) is 60.7 Å². The van der Waals surface area contributed by atoms with E-state index in [1.54, 1.807) is 0 Å². The van der Waals surface area contributed by atoms with Crippen LogP contribution in [0.2, 0.25) is 0 Å². The van der Waals surface area contributed by atoms with E-state index in [0.717, 1.165) is 25.2 Å². The van der Waals surface area contributed by atoms with Crippen molar-refractivity contribution in [1.82, 2.24) is 4.90 Å². The number of carbonyl (C=O) groups excluding carboxylic acids is 1. The summed E-state index contributed by atoms with van der Waals surface area (Å²) in [6, 6.07) is 21.5. The molecule has 1 fully saturated rings. The number of nitrogens with zero attached hydrogens (tertiary/aromatic N) is 2. The fourth-order valence-corrected chi connectivity index (χ4v) is 4.08. The normalized spacial score (nSPS) is 23.6. The third kappa shape index (κ3) is 4.16. The van der Waals surface area contributed by atoms with Gasteiger partial charge in [-0.1, -0.05) is 62.4 Å². The first-order valence-corrected chi connectivity index (χ1v) is 9.75. The van der Waals surface area contributed by atoms with Crippen LogP contribution < -0.4 is 4.90 Å². The molecule has 3 heteroatoms. The van der Waals surface area contributed by atoms with E-state index in [2.05, 4.69) is 66.1 Å². The average Bonchev–Trinajstić information content (AvgIpc) is 2.67. The number of rotatable bonds is 5. The maximum absolute atomic E-state index is 12.7. The molecule has 0 N–H and O–H groups in total. The van der Waals surface area contributed by atoms with Crippen LogP contribution in [0, 0.1) is 5.92 Å². The molecule has 0 aliphatic carbocycles. The van der Waals surface area contributed by atoms with Crippen LogP contribution in [0.25, 0.3) is 0 Å². The molecule has 1 heterocycles. The van der Waals surface area contributed by atoms with Crippen LogP contribution in [0.5, 0.6) is 0 Å². The Kier molecular flexibility index (Phi) is 6.10. The zero-order valence-electron chi connectivity index (χ0n) is 16.1. The molecular formula is C23H30N2O. The predicted molar refractivity (Wildman–Crippen MR) is 108 cm³/mol. The first kappa shape index (κ1) is 18.7. The summed E-state index contributed by atoms with van der Waals surface area (Å²) in [5, 5.41) is 0. The molecule has 3 atom stereocenters. The summed E-state index contributed by atoms with van der Waals surface area (Å²) in [4.78, 5) is 17.4. The van der Waals surface area contributed by atoms with E-state index in [1.807, 2.05) is 25.1 Å². The number of carbonyl (C=O) groups is 1. The molecule has 2 aromatic carbocycles. The second-order valence-electron chi connectivity index (χ2n) is 7.50. The van der Waals surface area contributed by atoms with Gasteiger partial charge >= 0.3 is 0 Å². The van der Waals surface area contributed by atoms with Gasteiger partial charge in [0.25, 0.3) is 0 Å². The van der Waals surface area contributed by atoms with Crippen molar-refractivity contribution in [2.45, 2.75) is 52.2 Å². The molecule has 3 unspecified atom stereocenters. The van der Waals surface area contributed by atoms with Crippen LogP contribution in [0.1, 0.15) is 39.2 Å². The molecule has 26 heavy (non-hydrogen) atoms. The topological polar surface area (TPSA) is 23.6 Å². The molecule has 0 saturated carbocycles. The van der Waals surface area contributed by atoms with E-state index in [-0.39, 0.29) is 11.9 Å². The molecule has 2 aromatic rings. The summed E-state index contributed by atoms with van der Waals surface area (Å²) in [6.07, 6.45) is 1.55. The Morgan fingerprint density at radius 2 is 1.65 bits per heavy atom. The molecule has 0 radical (unpaired) electrons. The number of hydrogen-bond acceptors (Lipinski definition) is 2. The average molecular weight is 351 g/mol. The number of hydrogen-bond donors (Lipinski definition) is 0. The minimum Gasteiger partial charge on any atom is -0.309 e. The van der Waals surface area contributed by atoms with Crippen LogP contribution in [-0.4, -0.2) is 29.4 Å². The van der Waals surface area contributed by atoms with Crippen molar-refractivity contribution in [2.24, 2.45) is 5.92 Å². The van der Waals surface area contributed by atoms with Crippen LogP contribution in [-0.2, 0) is 11.3 Å². The number of benzene rings is 2. The van der Waals surface area contributed by atoms with E-state index < -0.39 is 0 Å². The highest BCUT2D eigenvalue weighted by atomic mass is 16.2. The molecule has 1 aliphatic rings. The molecule has 1 amide bonds. The summed E-state index contributed by atoms with van der Waals surface area (Å²) in [5.41, 5.74) is 2.38. The second-order valence-corrected chi connectivity index (χ2v) is 7.50. The lowest BCUT2D eigenvalue weighted by Gasteiger charge is -2.46. The number of para-hydroxylation sites is 1. The standard InChI is InChI=1S/C23H30N2O/c1-4-23(26)25(21-13-9-6-10-14-21)22-15-19(3)24(16-18(22)2)17-20-11-7-5-8-12-20/h5-14,18-19,22H,4,15-17H2,1-3H3. The monoisotopic (exact) mass is 350 g/mol. The van der Waals surface area contributed by atoms with Gasteiger partial charge in [-0.15, -0.1) is 0 Å². The predicted octanol–water partition coefficient (Wildman–Crippen LogP) is 4.73. The first-order valence-electron chi connectivity index (χ1n) is 9.75. The fourth-order valence-electron chi connectivity index (χ4n) is 4.08. The smallest absolute Gasteiger partial charge is 0.226 e. The van der Waals surface area contributed by atoms with Crippen molar-refractivity contribution >= 4 is 11.6 Å². The zero-order valence-corrected chi connectivity index (χ0v) is 16.1. The summed E-state index contributed by atoms with van der Waals surface area (Å²) >= 11 is 0. The molecule has 1 saturated heterocycles. The van der Waals surface area contributed by atoms with E-state index in [4.69, 9.17) is 0 Å². The Morgan fingerprint density at radius 1 is 1.04 bits per heavy atom. The van der Waals surface area contributed by atoms with Crippen molar-refractivity contribution in [3.63, 3.8) is 0 Å². The number of likely N-dealkylation sites (tertiary alicyclic amines) is 1. The SMILES string of the molecule is CCC(=O)N(c1ccccc1)C1CC(C)N(Cc2ccccc2)CC1C. The maximum Gasteiger partial charge on any atom is 0.226 e. The molecule has 138 valence electrons. The van der Waals surface area contributed by atoms with Crippen molar-refractivity contribution in [2.75, 3.05) is 11.4 Å². The van der Waals surface area contributed by atoms with Crippen molar-refractivity contribution in [3.05, 3.63) is 66.2 Å². The van der Waals surface area contributed by atoms with Gasteiger partial charge in [0.15, 0.2) is 0 Å². The fraction of sp³-hybridized carbons (Fsp3) is 0.435. The van der Waals surface area contributed by atoms with Gasteiger partial charge in [-0.05, 0) is 37.0 Å². The van der Waals surface area contributed by atoms with E-state index in [0.29, 0.717) is 18.4 Å². The number of piperidine rings is 1. The Balaban J connectivity index is 1.77. The van der Waals surface area contributed by atoms with Crippen LogP contribution in [0.3, 0.4) is 0 Å². The van der Waals surface area contributed by atoms with Gasteiger partial charge in [-0.2, -0.15) is 0 Å². The molecule has 1 aliphatic heterocycles. The van der Waals surface area contributed by atoms with Gasteiger partial charge in [-0.25, -0.2) is 0 Å². The van der Waals surface area contributed by atoms with Crippen molar-refractivity contribution in [3.8, 4) is 0 Å². The van der Waals surface area contributed by atoms with Gasteiger partial charge in [-0.3, -0.25) is 9.69 Å². The van der Waals surface area contributed by atoms with Gasteiger partial charge < -0.3 is 4.90 Å². The Morgan fingerprint density at radius 3 is 2.27 bits per heavy atom. The molecule has 3 rings (SSSR count). The zero-order chi connectivity index (χ0) is 18.5. The summed E-state index contributed by atoms with van der Waals surface area (Å²) in [6.45, 7) is 8.53. The van der Waals surface area contributed by atoms with Crippen molar-refractivity contribution in [1.29, 1.82) is 0 Å². The summed E-state index contributed by atoms with van der Waals surface area (Å²) in [7, 11) is 0. The van der Waals surface area contributed by atoms with Crippen molar-refractivity contribution < 1.29 is 4.79 Å². The van der Waals surface area contributed by atoms with Gasteiger partial charge in [0.05, 0.1) is 0 Å². The minimum absolute atomic E-state index is 0.219. The largest absolute Gasteiger partial charge is 0.309 e. The summed E-state index contributed by atoms with van der Waals surface area (Å²) < 4.78 is 0. The molecule has 3 nitrogen and oxygen atoms in total. The Hall–Kier alpha value is -2.13. The Bertz CT molecular complexity index is 701. The minimum atomic E-state index is 0.219. The molecule has 0 spiro atoms. The van der Waals surface area contributed by atoms with Gasteiger partial charge in [0.1, 0.15) is 0 Å². The highest BCUT2D eigenvalue weighted by Gasteiger charge is 2.36. The number of anilines is 1. The molecular weight excluding hydrogens is 320 g/mol. The lowest BCUT2D eigenvalue weighted by Crippen LogP contribution is -2.55. The molecule has 0 bridgehead atoms. The lowest BCUT2D eigenvalue weighted by atomic mass is 9.87. The summed E-state index contributed by atoms with van der Waals surface area (Å²) in [5.74, 6) is 0.655. The lowest BCUT2D eigenvalue weighted by molar-refractivity contribution is -0.119. The second kappa shape index (κ2) is 8.50. The van der Waals surface area contributed by atoms with Gasteiger partial charge in [0, 0.05) is 37.3 Å². The molecule has 0 aromatic heterocycles. The van der Waals surface area contributed by atoms with E-state index in [1.165, 1.54) is 5.56 Å². The third-order valence-corrected chi connectivity index (χ3v) is 5.55. The van der Waals surface area contributed by atoms with E-state index >= 15 is 0 Å². The third-order valence-electron chi connectivity index (χ3n) is 5.55.